The summed E-state index contributed by atoms with van der Waals surface area (Å²) >= 11 is 7.39. The summed E-state index contributed by atoms with van der Waals surface area (Å²) < 4.78 is 44.2. The number of carbonyl (C=O) groups excluding carboxylic acids is 1. The van der Waals surface area contributed by atoms with Crippen LogP contribution in [0, 0.1) is 17.0 Å². The van der Waals surface area contributed by atoms with Crippen molar-refractivity contribution < 1.29 is 27.6 Å². The van der Waals surface area contributed by atoms with Gasteiger partial charge in [-0.05, 0) is 66.7 Å². The number of amides is 1. The Morgan fingerprint density at radius 3 is 2.42 bits per heavy atom. The molecule has 4 rings (SSSR count). The van der Waals surface area contributed by atoms with Crippen molar-refractivity contribution in [3.8, 4) is 11.5 Å². The van der Waals surface area contributed by atoms with Gasteiger partial charge < -0.3 is 10.1 Å². The number of nitrogens with one attached hydrogen (secondary N) is 1. The van der Waals surface area contributed by atoms with Gasteiger partial charge in [-0.1, -0.05) is 35.4 Å². The maximum absolute atomic E-state index is 12.9. The molecular weight excluding hydrogens is 519 g/mol. The van der Waals surface area contributed by atoms with Gasteiger partial charge >= 0.3 is 11.9 Å². The third kappa shape index (κ3) is 5.86. The maximum Gasteiger partial charge on any atom is 0.416 e. The first-order valence-electron chi connectivity index (χ1n) is 10.2. The number of amidine groups is 1. The lowest BCUT2D eigenvalue weighted by Crippen LogP contribution is -2.19. The number of ether oxygens (including phenoxy) is 1. The largest absolute Gasteiger partial charge is 0.449 e. The highest BCUT2D eigenvalue weighted by Gasteiger charge is 2.33. The van der Waals surface area contributed by atoms with Crippen LogP contribution in [0.2, 0.25) is 5.02 Å². The second-order valence-electron chi connectivity index (χ2n) is 7.55. The van der Waals surface area contributed by atoms with Crippen LogP contribution in [-0.4, -0.2) is 16.0 Å². The molecule has 3 aromatic rings. The molecule has 0 bridgehead atoms. The molecule has 12 heteroatoms. The number of benzene rings is 3. The summed E-state index contributed by atoms with van der Waals surface area (Å²) in [6.07, 6.45) is -3.17. The molecule has 0 unspecified atom stereocenters. The molecule has 36 heavy (non-hydrogen) atoms. The van der Waals surface area contributed by atoms with Crippen molar-refractivity contribution in [2.45, 2.75) is 13.1 Å². The van der Waals surface area contributed by atoms with E-state index in [0.29, 0.717) is 33.5 Å². The Balaban J connectivity index is 1.54. The lowest BCUT2D eigenvalue weighted by atomic mass is 10.1. The Bertz CT molecular complexity index is 1420. The topological polar surface area (TPSA) is 93.8 Å². The number of nitro benzene ring substituents is 1. The normalized spacial score (nSPS) is 15.9. The highest BCUT2D eigenvalue weighted by atomic mass is 35.5. The number of nitrogens with zero attached hydrogens (tertiary/aromatic N) is 2. The second kappa shape index (κ2) is 10.0. The molecule has 0 radical (unpaired) electrons. The Labute approximate surface area is 211 Å². The molecule has 1 saturated heterocycles. The Morgan fingerprint density at radius 2 is 1.78 bits per heavy atom. The van der Waals surface area contributed by atoms with Crippen LogP contribution in [-0.2, 0) is 11.0 Å². The number of nitro groups is 1. The van der Waals surface area contributed by atoms with Crippen molar-refractivity contribution in [1.82, 2.24) is 5.32 Å². The van der Waals surface area contributed by atoms with Crippen LogP contribution in [0.3, 0.4) is 0 Å². The summed E-state index contributed by atoms with van der Waals surface area (Å²) in [6.45, 7) is 1.95. The zero-order valence-corrected chi connectivity index (χ0v) is 19.9. The van der Waals surface area contributed by atoms with Gasteiger partial charge in [0.25, 0.3) is 5.91 Å². The van der Waals surface area contributed by atoms with Crippen LogP contribution in [0.15, 0.2) is 70.6 Å². The molecule has 0 saturated carbocycles. The van der Waals surface area contributed by atoms with Crippen LogP contribution in [0.5, 0.6) is 11.5 Å². The average molecular weight is 534 g/mol. The van der Waals surface area contributed by atoms with E-state index in [4.69, 9.17) is 16.3 Å². The van der Waals surface area contributed by atoms with Gasteiger partial charge in [-0.15, -0.1) is 0 Å². The molecule has 1 aliphatic heterocycles. The van der Waals surface area contributed by atoms with Gasteiger partial charge in [0.15, 0.2) is 5.17 Å². The fourth-order valence-electron chi connectivity index (χ4n) is 3.10. The van der Waals surface area contributed by atoms with Gasteiger partial charge in [-0.25, -0.2) is 4.99 Å². The van der Waals surface area contributed by atoms with E-state index in [1.54, 1.807) is 12.1 Å². The van der Waals surface area contributed by atoms with Gasteiger partial charge in [0.05, 0.1) is 26.1 Å². The van der Waals surface area contributed by atoms with E-state index in [2.05, 4.69) is 10.3 Å². The third-order valence-corrected chi connectivity index (χ3v) is 6.08. The number of aliphatic imine (C=N–C) groups is 1. The minimum Gasteiger partial charge on any atom is -0.449 e. The molecule has 1 aliphatic rings. The van der Waals surface area contributed by atoms with Gasteiger partial charge in [-0.3, -0.25) is 14.9 Å². The lowest BCUT2D eigenvalue weighted by molar-refractivity contribution is -0.385. The minimum absolute atomic E-state index is 0.00757. The Kier molecular flexibility index (Phi) is 7.04. The summed E-state index contributed by atoms with van der Waals surface area (Å²) in [5.41, 5.74) is 0.272. The van der Waals surface area contributed by atoms with E-state index in [-0.39, 0.29) is 16.7 Å². The van der Waals surface area contributed by atoms with Crippen molar-refractivity contribution in [3.63, 3.8) is 0 Å². The van der Waals surface area contributed by atoms with Gasteiger partial charge in [-0.2, -0.15) is 13.2 Å². The van der Waals surface area contributed by atoms with E-state index >= 15 is 0 Å². The van der Waals surface area contributed by atoms with E-state index in [1.165, 1.54) is 12.1 Å². The highest BCUT2D eigenvalue weighted by molar-refractivity contribution is 8.18. The zero-order chi connectivity index (χ0) is 26.0. The summed E-state index contributed by atoms with van der Waals surface area (Å²) in [4.78, 5) is 27.4. The summed E-state index contributed by atoms with van der Waals surface area (Å²) in [5.74, 6) is -0.752. The predicted octanol–water partition coefficient (Wildman–Crippen LogP) is 7.26. The van der Waals surface area contributed by atoms with E-state index in [0.717, 1.165) is 23.4 Å². The molecule has 184 valence electrons. The smallest absolute Gasteiger partial charge is 0.416 e. The quantitative estimate of drug-likeness (QED) is 0.212. The number of thioether (sulfide) groups is 1. The van der Waals surface area contributed by atoms with Crippen LogP contribution in [0.25, 0.3) is 6.08 Å². The second-order valence-corrected chi connectivity index (χ2v) is 8.98. The van der Waals surface area contributed by atoms with Crippen LogP contribution < -0.4 is 10.1 Å². The summed E-state index contributed by atoms with van der Waals surface area (Å²) in [7, 11) is 0. The lowest BCUT2D eigenvalue weighted by Gasteiger charge is -2.11. The molecular formula is C24H15ClF3N3O4S. The first kappa shape index (κ1) is 25.3. The zero-order valence-electron chi connectivity index (χ0n) is 18.3. The molecule has 1 amide bonds. The molecule has 0 aromatic heterocycles. The molecule has 1 N–H and O–H groups in total. The monoisotopic (exact) mass is 533 g/mol. The third-order valence-electron chi connectivity index (χ3n) is 4.87. The number of carbonyl (C=O) groups is 1. The Morgan fingerprint density at radius 1 is 1.08 bits per heavy atom. The van der Waals surface area contributed by atoms with Crippen LogP contribution >= 0.6 is 23.4 Å². The van der Waals surface area contributed by atoms with Crippen molar-refractivity contribution in [1.29, 1.82) is 0 Å². The standard InChI is InChI=1S/C24H15ClF3N3O4S/c1-13-2-6-16(7-3-13)29-23-30-22(32)21(36-23)11-14-4-8-19(17(25)10-14)35-20-9-5-15(24(26,27)28)12-18(20)31(33)34/h2-12H,1H3,(H,29,30,32)/b21-11-. The van der Waals surface area contributed by atoms with E-state index in [1.807, 2.05) is 31.2 Å². The fraction of sp³-hybridized carbons (Fsp3) is 0.0833. The number of rotatable bonds is 5. The number of aryl methyl sites for hydroxylation is 1. The summed E-state index contributed by atoms with van der Waals surface area (Å²) in [5, 5.41) is 14.4. The van der Waals surface area contributed by atoms with E-state index in [9.17, 15) is 28.1 Å². The average Bonchev–Trinajstić information content (AvgIpc) is 3.15. The molecule has 1 fully saturated rings. The SMILES string of the molecule is Cc1ccc(N=C2NC(=O)/C(=C/c3ccc(Oc4ccc(C(F)(F)F)cc4[N+](=O)[O-])c(Cl)c3)S2)cc1. The van der Waals surface area contributed by atoms with Crippen LogP contribution in [0.4, 0.5) is 24.5 Å². The fourth-order valence-corrected chi connectivity index (χ4v) is 4.17. The highest BCUT2D eigenvalue weighted by Crippen LogP contribution is 2.40. The number of alkyl halides is 3. The molecule has 1 heterocycles. The van der Waals surface area contributed by atoms with Crippen LogP contribution in [0.1, 0.15) is 16.7 Å². The number of hydrogen-bond donors (Lipinski definition) is 1. The van der Waals surface area contributed by atoms with E-state index < -0.39 is 28.1 Å². The van der Waals surface area contributed by atoms with Crippen molar-refractivity contribution in [2.24, 2.45) is 4.99 Å². The number of halogens is 4. The Hall–Kier alpha value is -3.83. The molecule has 0 atom stereocenters. The van der Waals surface area contributed by atoms with Gasteiger partial charge in [0.1, 0.15) is 5.75 Å². The van der Waals surface area contributed by atoms with Gasteiger partial charge in [0, 0.05) is 6.07 Å². The van der Waals surface area contributed by atoms with Crippen molar-refractivity contribution in [2.75, 3.05) is 0 Å². The maximum atomic E-state index is 12.9. The molecule has 7 nitrogen and oxygen atoms in total. The number of hydrogen-bond acceptors (Lipinski definition) is 6. The molecule has 0 aliphatic carbocycles. The van der Waals surface area contributed by atoms with Gasteiger partial charge in [0.2, 0.25) is 5.75 Å². The molecule has 0 spiro atoms. The molecule has 3 aromatic carbocycles. The first-order valence-corrected chi connectivity index (χ1v) is 11.4. The first-order chi connectivity index (χ1) is 17.0. The predicted molar refractivity (Wildman–Crippen MR) is 132 cm³/mol. The minimum atomic E-state index is -4.74. The van der Waals surface area contributed by atoms with Crippen molar-refractivity contribution in [3.05, 3.63) is 97.4 Å². The van der Waals surface area contributed by atoms with Crippen molar-refractivity contribution >= 4 is 51.9 Å². The summed E-state index contributed by atoms with van der Waals surface area (Å²) in [6, 6.07) is 13.8.